The number of rotatable bonds is 8. The average molecular weight is 409 g/mol. The maximum absolute atomic E-state index is 12.5. The van der Waals surface area contributed by atoms with Crippen LogP contribution in [0.1, 0.15) is 21.5 Å². The summed E-state index contributed by atoms with van der Waals surface area (Å²) in [5.41, 5.74) is 7.67. The fourth-order valence-electron chi connectivity index (χ4n) is 2.84. The SMILES string of the molecule is NC(=O)[C@@H](Cc1cccc(OCc2ccccc2)c1)NC(=O)c1ccccc1Cl. The highest BCUT2D eigenvalue weighted by atomic mass is 35.5. The van der Waals surface area contributed by atoms with Crippen molar-refractivity contribution in [1.29, 1.82) is 0 Å². The summed E-state index contributed by atoms with van der Waals surface area (Å²) in [4.78, 5) is 24.4. The molecule has 0 aliphatic carbocycles. The van der Waals surface area contributed by atoms with Gasteiger partial charge in [-0.1, -0.05) is 66.2 Å². The van der Waals surface area contributed by atoms with Crippen molar-refractivity contribution >= 4 is 23.4 Å². The molecule has 0 unspecified atom stereocenters. The summed E-state index contributed by atoms with van der Waals surface area (Å²) in [7, 11) is 0. The predicted molar refractivity (Wildman–Crippen MR) is 113 cm³/mol. The van der Waals surface area contributed by atoms with Crippen molar-refractivity contribution in [1.82, 2.24) is 5.32 Å². The van der Waals surface area contributed by atoms with Crippen LogP contribution in [0.15, 0.2) is 78.9 Å². The summed E-state index contributed by atoms with van der Waals surface area (Å²) >= 11 is 6.05. The van der Waals surface area contributed by atoms with Crippen molar-refractivity contribution in [2.75, 3.05) is 0 Å². The molecule has 0 aliphatic rings. The second-order valence-electron chi connectivity index (χ2n) is 6.53. The van der Waals surface area contributed by atoms with Crippen molar-refractivity contribution in [2.45, 2.75) is 19.1 Å². The van der Waals surface area contributed by atoms with Crippen molar-refractivity contribution in [3.63, 3.8) is 0 Å². The average Bonchev–Trinajstić information content (AvgIpc) is 2.73. The van der Waals surface area contributed by atoms with Crippen LogP contribution in [-0.4, -0.2) is 17.9 Å². The van der Waals surface area contributed by atoms with E-state index < -0.39 is 17.9 Å². The Morgan fingerprint density at radius 2 is 1.62 bits per heavy atom. The molecular weight excluding hydrogens is 388 g/mol. The molecule has 5 nitrogen and oxygen atoms in total. The summed E-state index contributed by atoms with van der Waals surface area (Å²) < 4.78 is 5.82. The van der Waals surface area contributed by atoms with Gasteiger partial charge in [-0.15, -0.1) is 0 Å². The van der Waals surface area contributed by atoms with Gasteiger partial charge in [-0.3, -0.25) is 9.59 Å². The van der Waals surface area contributed by atoms with Gasteiger partial charge in [0.2, 0.25) is 5.91 Å². The molecule has 148 valence electrons. The highest BCUT2D eigenvalue weighted by Gasteiger charge is 2.21. The Balaban J connectivity index is 1.66. The molecule has 0 radical (unpaired) electrons. The zero-order chi connectivity index (χ0) is 20.6. The van der Waals surface area contributed by atoms with Crippen molar-refractivity contribution in [3.8, 4) is 5.75 Å². The third-order valence-electron chi connectivity index (χ3n) is 4.35. The summed E-state index contributed by atoms with van der Waals surface area (Å²) in [6.45, 7) is 0.437. The molecule has 3 aromatic rings. The highest BCUT2D eigenvalue weighted by molar-refractivity contribution is 6.33. The molecule has 29 heavy (non-hydrogen) atoms. The van der Waals surface area contributed by atoms with Gasteiger partial charge >= 0.3 is 0 Å². The number of carbonyl (C=O) groups is 2. The minimum absolute atomic E-state index is 0.244. The van der Waals surface area contributed by atoms with Crippen LogP contribution in [0.25, 0.3) is 0 Å². The van der Waals surface area contributed by atoms with Gasteiger partial charge in [0, 0.05) is 6.42 Å². The van der Waals surface area contributed by atoms with Gasteiger partial charge in [-0.25, -0.2) is 0 Å². The number of benzene rings is 3. The molecule has 2 amide bonds. The molecular formula is C23H21ClN2O3. The minimum atomic E-state index is -0.872. The van der Waals surface area contributed by atoms with E-state index in [1.807, 2.05) is 54.6 Å². The van der Waals surface area contributed by atoms with Crippen LogP contribution in [0.5, 0.6) is 5.75 Å². The highest BCUT2D eigenvalue weighted by Crippen LogP contribution is 2.18. The molecule has 3 rings (SSSR count). The second kappa shape index (κ2) is 9.75. The van der Waals surface area contributed by atoms with E-state index in [1.165, 1.54) is 0 Å². The van der Waals surface area contributed by atoms with Crippen LogP contribution in [0, 0.1) is 0 Å². The van der Waals surface area contributed by atoms with E-state index in [9.17, 15) is 9.59 Å². The molecule has 3 N–H and O–H groups in total. The van der Waals surface area contributed by atoms with E-state index in [4.69, 9.17) is 22.1 Å². The molecule has 0 bridgehead atoms. The van der Waals surface area contributed by atoms with Gasteiger partial charge < -0.3 is 15.8 Å². The lowest BCUT2D eigenvalue weighted by molar-refractivity contribution is -0.119. The van der Waals surface area contributed by atoms with Gasteiger partial charge in [0.25, 0.3) is 5.91 Å². The molecule has 0 aliphatic heterocycles. The van der Waals surface area contributed by atoms with Crippen molar-refractivity contribution in [3.05, 3.63) is 101 Å². The first kappa shape index (κ1) is 20.4. The number of nitrogens with two attached hydrogens (primary N) is 1. The number of halogens is 1. The quantitative estimate of drug-likeness (QED) is 0.595. The Labute approximate surface area is 174 Å². The smallest absolute Gasteiger partial charge is 0.253 e. The Hall–Kier alpha value is -3.31. The number of ether oxygens (including phenoxy) is 1. The van der Waals surface area contributed by atoms with E-state index in [0.29, 0.717) is 22.9 Å². The molecule has 0 fully saturated rings. The molecule has 0 spiro atoms. The van der Waals surface area contributed by atoms with E-state index in [2.05, 4.69) is 5.32 Å². The number of carbonyl (C=O) groups excluding carboxylic acids is 2. The van der Waals surface area contributed by atoms with E-state index in [1.54, 1.807) is 24.3 Å². The first-order valence-electron chi connectivity index (χ1n) is 9.13. The van der Waals surface area contributed by atoms with Crippen molar-refractivity contribution in [2.24, 2.45) is 5.73 Å². The summed E-state index contributed by atoms with van der Waals surface area (Å²) in [5.74, 6) is -0.399. The fourth-order valence-corrected chi connectivity index (χ4v) is 3.06. The number of hydrogen-bond acceptors (Lipinski definition) is 3. The first-order chi connectivity index (χ1) is 14.0. The molecule has 3 aromatic carbocycles. The maximum atomic E-state index is 12.5. The Morgan fingerprint density at radius 1 is 0.931 bits per heavy atom. The van der Waals surface area contributed by atoms with Gasteiger partial charge in [-0.05, 0) is 35.4 Å². The summed E-state index contributed by atoms with van der Waals surface area (Å²) in [6, 6.07) is 23.0. The standard InChI is InChI=1S/C23H21ClN2O3/c24-20-12-5-4-11-19(20)23(28)26-21(22(25)27)14-17-9-6-10-18(13-17)29-15-16-7-2-1-3-8-16/h1-13,21H,14-15H2,(H2,25,27)(H,26,28)/t21-/m1/s1. The van der Waals surface area contributed by atoms with Crippen LogP contribution < -0.4 is 15.8 Å². The van der Waals surface area contributed by atoms with Crippen LogP contribution in [-0.2, 0) is 17.8 Å². The minimum Gasteiger partial charge on any atom is -0.489 e. The Morgan fingerprint density at radius 3 is 2.34 bits per heavy atom. The normalized spacial score (nSPS) is 11.5. The number of nitrogens with one attached hydrogen (secondary N) is 1. The molecule has 0 heterocycles. The molecule has 0 aromatic heterocycles. The van der Waals surface area contributed by atoms with Gasteiger partial charge in [0.1, 0.15) is 18.4 Å². The monoisotopic (exact) mass is 408 g/mol. The number of primary amides is 1. The van der Waals surface area contributed by atoms with E-state index in [-0.39, 0.29) is 6.42 Å². The summed E-state index contributed by atoms with van der Waals surface area (Å²) in [6.07, 6.45) is 0.244. The van der Waals surface area contributed by atoms with Gasteiger partial charge in [0.15, 0.2) is 0 Å². The Kier molecular flexibility index (Phi) is 6.87. The van der Waals surface area contributed by atoms with Crippen LogP contribution in [0.2, 0.25) is 5.02 Å². The fraction of sp³-hybridized carbons (Fsp3) is 0.130. The van der Waals surface area contributed by atoms with E-state index >= 15 is 0 Å². The lowest BCUT2D eigenvalue weighted by Crippen LogP contribution is -2.45. The molecule has 0 saturated heterocycles. The summed E-state index contributed by atoms with van der Waals surface area (Å²) in [5, 5.41) is 2.97. The molecule has 0 saturated carbocycles. The number of hydrogen-bond donors (Lipinski definition) is 2. The van der Waals surface area contributed by atoms with Gasteiger partial charge in [0.05, 0.1) is 10.6 Å². The zero-order valence-electron chi connectivity index (χ0n) is 15.7. The maximum Gasteiger partial charge on any atom is 0.253 e. The van der Waals surface area contributed by atoms with Crippen LogP contribution >= 0.6 is 11.6 Å². The topological polar surface area (TPSA) is 81.4 Å². The lowest BCUT2D eigenvalue weighted by atomic mass is 10.0. The largest absolute Gasteiger partial charge is 0.489 e. The van der Waals surface area contributed by atoms with Crippen molar-refractivity contribution < 1.29 is 14.3 Å². The molecule has 1 atom stereocenters. The van der Waals surface area contributed by atoms with E-state index in [0.717, 1.165) is 11.1 Å². The Bertz CT molecular complexity index is 992. The van der Waals surface area contributed by atoms with Gasteiger partial charge in [-0.2, -0.15) is 0 Å². The third-order valence-corrected chi connectivity index (χ3v) is 4.68. The molecule has 6 heteroatoms. The number of amides is 2. The predicted octanol–water partition coefficient (Wildman–Crippen LogP) is 3.75. The van der Waals surface area contributed by atoms with Crippen LogP contribution in [0.4, 0.5) is 0 Å². The van der Waals surface area contributed by atoms with Crippen LogP contribution in [0.3, 0.4) is 0 Å². The zero-order valence-corrected chi connectivity index (χ0v) is 16.4. The second-order valence-corrected chi connectivity index (χ2v) is 6.94. The third kappa shape index (κ3) is 5.83. The lowest BCUT2D eigenvalue weighted by Gasteiger charge is -2.17. The first-order valence-corrected chi connectivity index (χ1v) is 9.51.